The lowest BCUT2D eigenvalue weighted by Crippen LogP contribution is -1.85. The largest absolute Gasteiger partial charge is 0.198 e. The molecule has 0 aliphatic rings. The lowest BCUT2D eigenvalue weighted by Gasteiger charge is -2.04. The van der Waals surface area contributed by atoms with Crippen molar-refractivity contribution in [1.82, 2.24) is 0 Å². The Hall–Kier alpha value is -2.32. The summed E-state index contributed by atoms with van der Waals surface area (Å²) in [5.74, 6) is 0. The maximum atomic E-state index is 8.98. The number of hydrogen-bond acceptors (Lipinski definition) is 2. The molecule has 1 aromatic rings. The third-order valence-corrected chi connectivity index (χ3v) is 1.93. The minimum absolute atomic E-state index is 0.00444. The third kappa shape index (κ3) is 3.44. The summed E-state index contributed by atoms with van der Waals surface area (Å²) in [4.78, 5) is 0. The van der Waals surface area contributed by atoms with E-state index in [0.717, 1.165) is 0 Å². The zero-order valence-electron chi connectivity index (χ0n) is 10.8. The van der Waals surface area contributed by atoms with Gasteiger partial charge in [-0.25, -0.2) is 0 Å². The van der Waals surface area contributed by atoms with E-state index in [4.69, 9.17) is 13.3 Å². The van der Waals surface area contributed by atoms with E-state index in [9.17, 15) is 0 Å². The predicted octanol–water partition coefficient (Wildman–Crippen LogP) is 3.45. The van der Waals surface area contributed by atoms with Crippen LogP contribution in [0.3, 0.4) is 0 Å². The first-order valence-electron chi connectivity index (χ1n) is 5.76. The second kappa shape index (κ2) is 6.22. The van der Waals surface area contributed by atoms with Crippen molar-refractivity contribution in [2.24, 2.45) is 0 Å². The molecule has 1 aromatic carbocycles. The van der Waals surface area contributed by atoms with E-state index in [1.54, 1.807) is 30.3 Å². The average Bonchev–Trinajstić information content (AvgIpc) is 2.39. The van der Waals surface area contributed by atoms with Crippen LogP contribution in [-0.2, 0) is 0 Å². The molecule has 0 fully saturated rings. The molecule has 0 unspecified atom stereocenters. The average molecular weight is 210 g/mol. The molecule has 0 bridgehead atoms. The van der Waals surface area contributed by atoms with E-state index in [2.05, 4.69) is 6.58 Å². The number of nitrogens with zero attached hydrogens (tertiary/aromatic N) is 2. The van der Waals surface area contributed by atoms with Gasteiger partial charge in [0, 0.05) is 14.7 Å². The Balaban J connectivity index is 3.11. The number of hydrogen-bond donors (Lipinski definition) is 0. The minimum atomic E-state index is -1.97. The van der Waals surface area contributed by atoms with Crippen molar-refractivity contribution in [1.29, 1.82) is 10.5 Å². The molecule has 0 N–H and O–H groups in total. The van der Waals surface area contributed by atoms with Gasteiger partial charge in [-0.15, -0.1) is 0 Å². The van der Waals surface area contributed by atoms with E-state index in [0.29, 0.717) is 5.56 Å². The van der Waals surface area contributed by atoms with Crippen molar-refractivity contribution >= 4 is 5.57 Å². The molecular weight excluding hydrogens is 196 g/mol. The van der Waals surface area contributed by atoms with Crippen LogP contribution in [0.5, 0.6) is 0 Å². The summed E-state index contributed by atoms with van der Waals surface area (Å²) in [6, 6.07) is 12.5. The summed E-state index contributed by atoms with van der Waals surface area (Å²) in [5, 5.41) is 17.5. The van der Waals surface area contributed by atoms with Crippen molar-refractivity contribution in [2.75, 3.05) is 0 Å². The summed E-state index contributed by atoms with van der Waals surface area (Å²) in [5.41, 5.74) is 0.771. The predicted molar refractivity (Wildman–Crippen MR) is 64.0 cm³/mol. The summed E-state index contributed by atoms with van der Waals surface area (Å²) < 4.78 is 15.9. The zero-order valence-corrected chi connectivity index (χ0v) is 8.77. The molecule has 0 atom stereocenters. The topological polar surface area (TPSA) is 47.6 Å². The fourth-order valence-electron chi connectivity index (χ4n) is 1.15. The van der Waals surface area contributed by atoms with Crippen molar-refractivity contribution in [3.63, 3.8) is 0 Å². The Bertz CT molecular complexity index is 545. The van der Waals surface area contributed by atoms with Gasteiger partial charge in [-0.1, -0.05) is 43.0 Å². The fourth-order valence-corrected chi connectivity index (χ4v) is 1.15. The molecule has 0 saturated carbocycles. The molecule has 1 rings (SSSR count). The number of allylic oxidation sites excluding steroid dienone is 3. The van der Waals surface area contributed by atoms with Crippen LogP contribution in [0.25, 0.3) is 5.57 Å². The fraction of sp³-hybridized carbons (Fsp3) is 0.143. The molecule has 0 saturated heterocycles. The molecule has 2 nitrogen and oxygen atoms in total. The van der Waals surface area contributed by atoms with Crippen LogP contribution in [0, 0.1) is 22.7 Å². The molecule has 0 amide bonds. The Morgan fingerprint density at radius 2 is 2.06 bits per heavy atom. The van der Waals surface area contributed by atoms with Gasteiger partial charge in [-0.2, -0.15) is 10.5 Å². The molecule has 0 spiro atoms. The van der Waals surface area contributed by atoms with E-state index >= 15 is 0 Å². The van der Waals surface area contributed by atoms with E-state index in [1.165, 1.54) is 6.08 Å². The maximum absolute atomic E-state index is 8.98. The van der Waals surface area contributed by atoms with Crippen LogP contribution in [0.15, 0.2) is 48.6 Å². The van der Waals surface area contributed by atoms with Crippen LogP contribution < -0.4 is 0 Å². The molecule has 0 radical (unpaired) electrons. The summed E-state index contributed by atoms with van der Waals surface area (Å²) in [6.45, 7) is 3.72. The highest BCUT2D eigenvalue weighted by atomic mass is 14.3. The number of nitriles is 2. The van der Waals surface area contributed by atoms with Crippen molar-refractivity contribution < 1.29 is 2.74 Å². The molecule has 0 aliphatic heterocycles. The number of rotatable bonds is 4. The van der Waals surface area contributed by atoms with E-state index < -0.39 is 6.37 Å². The molecule has 16 heavy (non-hydrogen) atoms. The Labute approximate surface area is 98.6 Å². The molecule has 0 heterocycles. The van der Waals surface area contributed by atoms with Gasteiger partial charge >= 0.3 is 0 Å². The summed E-state index contributed by atoms with van der Waals surface area (Å²) >= 11 is 0. The summed E-state index contributed by atoms with van der Waals surface area (Å²) in [7, 11) is 0. The highest BCUT2D eigenvalue weighted by molar-refractivity contribution is 5.66. The maximum Gasteiger partial charge on any atom is 0.0947 e. The minimum Gasteiger partial charge on any atom is -0.198 e. The Morgan fingerprint density at radius 1 is 1.38 bits per heavy atom. The monoisotopic (exact) mass is 210 g/mol. The Morgan fingerprint density at radius 3 is 2.62 bits per heavy atom. The van der Waals surface area contributed by atoms with Gasteiger partial charge in [0.15, 0.2) is 0 Å². The van der Waals surface area contributed by atoms with Crippen LogP contribution >= 0.6 is 0 Å². The Kier molecular flexibility index (Phi) is 3.48. The SMILES string of the molecule is [2H]C([2H])(C(=C)c1ccccc1)/C(C#N)=C/CC#N. The van der Waals surface area contributed by atoms with Crippen molar-refractivity contribution in [2.45, 2.75) is 12.8 Å². The van der Waals surface area contributed by atoms with E-state index in [-0.39, 0.29) is 17.6 Å². The molecular formula is C14H12N2. The molecule has 0 aliphatic carbocycles. The van der Waals surface area contributed by atoms with Crippen molar-refractivity contribution in [3.8, 4) is 12.1 Å². The normalized spacial score (nSPS) is 13.0. The van der Waals surface area contributed by atoms with Gasteiger partial charge in [0.05, 0.1) is 18.6 Å². The van der Waals surface area contributed by atoms with Crippen LogP contribution in [-0.4, -0.2) is 0 Å². The smallest absolute Gasteiger partial charge is 0.0947 e. The standard InChI is InChI=1S/C14H12N2/c1-12(14-7-3-2-4-8-14)10-13(11-16)6-5-9-15/h2-4,6-8H,1,5,10H2/b13-6-/i10D2. The molecule has 78 valence electrons. The van der Waals surface area contributed by atoms with Gasteiger partial charge in [0.1, 0.15) is 0 Å². The first-order chi connectivity index (χ1) is 8.54. The lowest BCUT2D eigenvalue weighted by atomic mass is 10.00. The summed E-state index contributed by atoms with van der Waals surface area (Å²) in [6.07, 6.45) is -0.661. The second-order valence-corrected chi connectivity index (χ2v) is 3.06. The van der Waals surface area contributed by atoms with Crippen molar-refractivity contribution in [3.05, 3.63) is 54.1 Å². The van der Waals surface area contributed by atoms with Gasteiger partial charge < -0.3 is 0 Å². The van der Waals surface area contributed by atoms with Gasteiger partial charge in [-0.05, 0) is 11.1 Å². The first kappa shape index (κ1) is 8.95. The van der Waals surface area contributed by atoms with Crippen LogP contribution in [0.1, 0.15) is 21.1 Å². The highest BCUT2D eigenvalue weighted by Crippen LogP contribution is 2.20. The zero-order chi connectivity index (χ0) is 13.6. The van der Waals surface area contributed by atoms with Gasteiger partial charge in [-0.3, -0.25) is 0 Å². The first-order valence-corrected chi connectivity index (χ1v) is 4.76. The van der Waals surface area contributed by atoms with Gasteiger partial charge in [0.2, 0.25) is 0 Å². The molecule has 0 aromatic heterocycles. The van der Waals surface area contributed by atoms with Gasteiger partial charge in [0.25, 0.3) is 0 Å². The second-order valence-electron chi connectivity index (χ2n) is 3.06. The highest BCUT2D eigenvalue weighted by Gasteiger charge is 2.01. The molecule has 2 heteroatoms. The number of benzene rings is 1. The lowest BCUT2D eigenvalue weighted by molar-refractivity contribution is 1.24. The van der Waals surface area contributed by atoms with Crippen LogP contribution in [0.2, 0.25) is 0 Å². The van der Waals surface area contributed by atoms with Crippen LogP contribution in [0.4, 0.5) is 0 Å². The quantitative estimate of drug-likeness (QED) is 0.714. The third-order valence-electron chi connectivity index (χ3n) is 1.93. The van der Waals surface area contributed by atoms with E-state index in [1.807, 2.05) is 12.1 Å².